The molecule has 0 spiro atoms. The predicted molar refractivity (Wildman–Crippen MR) is 49.6 cm³/mol. The number of aliphatic hydroxyl groups excluding tert-OH is 1. The molecule has 0 aliphatic rings. The van der Waals surface area contributed by atoms with E-state index < -0.39 is 0 Å². The molecule has 0 aliphatic carbocycles. The van der Waals surface area contributed by atoms with Crippen LogP contribution < -0.4 is 0 Å². The molecule has 11 heavy (non-hydrogen) atoms. The maximum Gasteiger partial charge on any atom is 0.0786 e. The number of allylic oxidation sites excluding steroid dienone is 1. The van der Waals surface area contributed by atoms with Gasteiger partial charge in [0, 0.05) is 0 Å². The van der Waals surface area contributed by atoms with Crippen molar-refractivity contribution in [1.29, 1.82) is 0 Å². The average molecular weight is 156 g/mol. The van der Waals surface area contributed by atoms with Crippen LogP contribution in [0.5, 0.6) is 0 Å². The van der Waals surface area contributed by atoms with Crippen molar-refractivity contribution in [2.45, 2.75) is 40.5 Å². The van der Waals surface area contributed by atoms with Crippen molar-refractivity contribution < 1.29 is 5.11 Å². The number of hydrogen-bond donors (Lipinski definition) is 1. The number of rotatable bonds is 4. The second-order valence-corrected chi connectivity index (χ2v) is 3.79. The van der Waals surface area contributed by atoms with Crippen molar-refractivity contribution in [2.75, 3.05) is 0 Å². The lowest BCUT2D eigenvalue weighted by Gasteiger charge is -2.10. The summed E-state index contributed by atoms with van der Waals surface area (Å²) in [5.74, 6) is 1.21. The van der Waals surface area contributed by atoms with Gasteiger partial charge in [0.1, 0.15) is 0 Å². The largest absolute Gasteiger partial charge is 0.516 e. The molecule has 0 rings (SSSR count). The van der Waals surface area contributed by atoms with E-state index in [9.17, 15) is 0 Å². The van der Waals surface area contributed by atoms with Gasteiger partial charge in [0.05, 0.1) is 6.26 Å². The van der Waals surface area contributed by atoms with Crippen LogP contribution in [-0.2, 0) is 0 Å². The second kappa shape index (κ2) is 5.22. The first-order valence-corrected chi connectivity index (χ1v) is 4.41. The smallest absolute Gasteiger partial charge is 0.0786 e. The van der Waals surface area contributed by atoms with Gasteiger partial charge in [-0.05, 0) is 30.3 Å². The molecule has 0 fully saturated rings. The molecule has 0 aromatic rings. The van der Waals surface area contributed by atoms with E-state index in [1.54, 1.807) is 0 Å². The zero-order valence-corrected chi connectivity index (χ0v) is 8.09. The van der Waals surface area contributed by atoms with Gasteiger partial charge >= 0.3 is 0 Å². The summed E-state index contributed by atoms with van der Waals surface area (Å²) in [7, 11) is 0. The van der Waals surface area contributed by atoms with Gasteiger partial charge in [-0.1, -0.05) is 27.7 Å². The minimum atomic E-state index is 0.485. The molecule has 0 atom stereocenters. The number of aliphatic hydroxyl groups is 1. The van der Waals surface area contributed by atoms with E-state index in [0.717, 1.165) is 12.3 Å². The molecule has 0 aromatic heterocycles. The van der Waals surface area contributed by atoms with Crippen LogP contribution in [0.15, 0.2) is 11.8 Å². The van der Waals surface area contributed by atoms with Gasteiger partial charge in [0.25, 0.3) is 0 Å². The lowest BCUT2D eigenvalue weighted by Crippen LogP contribution is -1.97. The van der Waals surface area contributed by atoms with Crippen molar-refractivity contribution in [3.63, 3.8) is 0 Å². The Bertz CT molecular complexity index is 123. The minimum absolute atomic E-state index is 0.485. The summed E-state index contributed by atoms with van der Waals surface area (Å²) in [4.78, 5) is 0. The Labute approximate surface area is 70.1 Å². The normalized spacial score (nSPS) is 13.1. The summed E-state index contributed by atoms with van der Waals surface area (Å²) in [5, 5.41) is 8.85. The van der Waals surface area contributed by atoms with Crippen molar-refractivity contribution in [1.82, 2.24) is 0 Å². The third-order valence-electron chi connectivity index (χ3n) is 1.92. The van der Waals surface area contributed by atoms with E-state index in [-0.39, 0.29) is 0 Å². The Kier molecular flexibility index (Phi) is 5.01. The van der Waals surface area contributed by atoms with Crippen molar-refractivity contribution >= 4 is 0 Å². The van der Waals surface area contributed by atoms with Crippen molar-refractivity contribution in [3.8, 4) is 0 Å². The summed E-state index contributed by atoms with van der Waals surface area (Å²) >= 11 is 0. The van der Waals surface area contributed by atoms with Crippen LogP contribution in [0.25, 0.3) is 0 Å². The maximum absolute atomic E-state index is 8.85. The molecule has 1 heteroatoms. The average Bonchev–Trinajstić information content (AvgIpc) is 1.87. The lowest BCUT2D eigenvalue weighted by molar-refractivity contribution is 0.447. The summed E-state index contributed by atoms with van der Waals surface area (Å²) in [6.45, 7) is 8.63. The van der Waals surface area contributed by atoms with Gasteiger partial charge in [-0.2, -0.15) is 0 Å². The van der Waals surface area contributed by atoms with E-state index in [2.05, 4.69) is 27.7 Å². The van der Waals surface area contributed by atoms with E-state index in [1.807, 2.05) is 0 Å². The summed E-state index contributed by atoms with van der Waals surface area (Å²) < 4.78 is 0. The fourth-order valence-electron chi connectivity index (χ4n) is 0.958. The molecular weight excluding hydrogens is 136 g/mol. The molecule has 0 saturated heterocycles. The zero-order chi connectivity index (χ0) is 8.85. The molecule has 0 bridgehead atoms. The van der Waals surface area contributed by atoms with E-state index >= 15 is 0 Å². The van der Waals surface area contributed by atoms with Gasteiger partial charge in [-0.25, -0.2) is 0 Å². The Morgan fingerprint density at radius 3 is 2.09 bits per heavy atom. The SMILES string of the molecule is CC(C)CCC(=CO)C(C)C. The topological polar surface area (TPSA) is 20.2 Å². The van der Waals surface area contributed by atoms with E-state index in [4.69, 9.17) is 5.11 Å². The summed E-state index contributed by atoms with van der Waals surface area (Å²) in [5.41, 5.74) is 1.17. The quantitative estimate of drug-likeness (QED) is 0.617. The molecule has 0 heterocycles. The van der Waals surface area contributed by atoms with Crippen LogP contribution in [0.4, 0.5) is 0 Å². The maximum atomic E-state index is 8.85. The van der Waals surface area contributed by atoms with Gasteiger partial charge in [-0.15, -0.1) is 0 Å². The first-order valence-electron chi connectivity index (χ1n) is 4.41. The van der Waals surface area contributed by atoms with Gasteiger partial charge < -0.3 is 5.11 Å². The van der Waals surface area contributed by atoms with Gasteiger partial charge in [-0.3, -0.25) is 0 Å². The Morgan fingerprint density at radius 2 is 1.82 bits per heavy atom. The standard InChI is InChI=1S/C10H20O/c1-8(2)5-6-10(7-11)9(3)4/h7-9,11H,5-6H2,1-4H3. The molecule has 0 aromatic carbocycles. The van der Waals surface area contributed by atoms with Crippen LogP contribution in [0.1, 0.15) is 40.5 Å². The monoisotopic (exact) mass is 156 g/mol. The van der Waals surface area contributed by atoms with Crippen molar-refractivity contribution in [3.05, 3.63) is 11.8 Å². The highest BCUT2D eigenvalue weighted by Crippen LogP contribution is 2.17. The molecule has 66 valence electrons. The first kappa shape index (κ1) is 10.5. The predicted octanol–water partition coefficient (Wildman–Crippen LogP) is 3.52. The van der Waals surface area contributed by atoms with Crippen molar-refractivity contribution in [2.24, 2.45) is 11.8 Å². The molecule has 1 nitrogen and oxygen atoms in total. The molecule has 0 unspecified atom stereocenters. The molecule has 0 radical (unpaired) electrons. The van der Waals surface area contributed by atoms with E-state index in [0.29, 0.717) is 5.92 Å². The third-order valence-corrected chi connectivity index (χ3v) is 1.92. The van der Waals surface area contributed by atoms with E-state index in [1.165, 1.54) is 18.3 Å². The third kappa shape index (κ3) is 4.88. The molecular formula is C10H20O. The lowest BCUT2D eigenvalue weighted by atomic mass is 9.96. The van der Waals surface area contributed by atoms with Crippen LogP contribution >= 0.6 is 0 Å². The van der Waals surface area contributed by atoms with Crippen LogP contribution in [0.2, 0.25) is 0 Å². The second-order valence-electron chi connectivity index (χ2n) is 3.79. The molecule has 0 saturated carbocycles. The Morgan fingerprint density at radius 1 is 1.27 bits per heavy atom. The molecule has 0 aliphatic heterocycles. The molecule has 0 amide bonds. The van der Waals surface area contributed by atoms with Crippen LogP contribution in [-0.4, -0.2) is 5.11 Å². The Hall–Kier alpha value is -0.460. The highest BCUT2D eigenvalue weighted by atomic mass is 16.2. The van der Waals surface area contributed by atoms with Gasteiger partial charge in [0.2, 0.25) is 0 Å². The van der Waals surface area contributed by atoms with Crippen LogP contribution in [0.3, 0.4) is 0 Å². The van der Waals surface area contributed by atoms with Gasteiger partial charge in [0.15, 0.2) is 0 Å². The highest BCUT2D eigenvalue weighted by Gasteiger charge is 2.03. The highest BCUT2D eigenvalue weighted by molar-refractivity contribution is 5.00. The fraction of sp³-hybridized carbons (Fsp3) is 0.800. The van der Waals surface area contributed by atoms with Crippen LogP contribution in [0, 0.1) is 11.8 Å². The number of hydrogen-bond acceptors (Lipinski definition) is 1. The zero-order valence-electron chi connectivity index (χ0n) is 8.09. The molecule has 1 N–H and O–H groups in total. The fourth-order valence-corrected chi connectivity index (χ4v) is 0.958. The Balaban J connectivity index is 3.72. The first-order chi connectivity index (χ1) is 5.07. The summed E-state index contributed by atoms with van der Waals surface area (Å²) in [6.07, 6.45) is 3.48. The summed E-state index contributed by atoms with van der Waals surface area (Å²) in [6, 6.07) is 0. The minimum Gasteiger partial charge on any atom is -0.516 e.